The molecule has 30 heavy (non-hydrogen) atoms. The van der Waals surface area contributed by atoms with Gasteiger partial charge in [0.05, 0.1) is 6.10 Å². The number of piperidine rings is 1. The molecule has 0 spiro atoms. The van der Waals surface area contributed by atoms with E-state index in [4.69, 9.17) is 4.74 Å². The lowest BCUT2D eigenvalue weighted by Gasteiger charge is -2.58. The summed E-state index contributed by atoms with van der Waals surface area (Å²) in [6, 6.07) is 1.84. The molecule has 0 N–H and O–H groups in total. The van der Waals surface area contributed by atoms with E-state index in [9.17, 15) is 0 Å². The molecule has 2 aliphatic heterocycles. The first kappa shape index (κ1) is 20.3. The van der Waals surface area contributed by atoms with Crippen LogP contribution in [0.5, 0.6) is 0 Å². The standard InChI is InChI=1S/C28H45NO/c1-5-30-21-10-12-27(3)19(14-21)7-9-22-23(27)11-13-28(4)24(22)16-26-25(28)15-20-8-6-18(2)17-29(20)26/h7,18,20-26H,5-6,8-17H2,1-4H3/t18-,20?,21-,22?,23?,24?,25?,26?,27-,28-/m0/s1. The molecule has 2 heteroatoms. The average molecular weight is 412 g/mol. The van der Waals surface area contributed by atoms with Crippen LogP contribution in [-0.4, -0.2) is 36.2 Å². The highest BCUT2D eigenvalue weighted by Gasteiger charge is 2.64. The highest BCUT2D eigenvalue weighted by molar-refractivity contribution is 5.26. The lowest BCUT2D eigenvalue weighted by atomic mass is 9.47. The summed E-state index contributed by atoms with van der Waals surface area (Å²) < 4.78 is 6.06. The summed E-state index contributed by atoms with van der Waals surface area (Å²) in [5.41, 5.74) is 2.87. The van der Waals surface area contributed by atoms with Crippen molar-refractivity contribution in [1.29, 1.82) is 0 Å². The zero-order chi connectivity index (χ0) is 20.7. The minimum absolute atomic E-state index is 0.470. The molecular weight excluding hydrogens is 366 g/mol. The van der Waals surface area contributed by atoms with Gasteiger partial charge in [-0.15, -0.1) is 0 Å². The molecule has 10 atom stereocenters. The lowest BCUT2D eigenvalue weighted by Crippen LogP contribution is -2.50. The van der Waals surface area contributed by atoms with Gasteiger partial charge in [-0.3, -0.25) is 4.90 Å². The van der Waals surface area contributed by atoms with Crippen LogP contribution in [0.1, 0.15) is 91.9 Å². The first-order valence-electron chi connectivity index (χ1n) is 13.5. The number of rotatable bonds is 2. The fourth-order valence-electron chi connectivity index (χ4n) is 10.1. The van der Waals surface area contributed by atoms with E-state index in [0.717, 1.165) is 48.3 Å². The number of nitrogens with zero attached hydrogens (tertiary/aromatic N) is 1. The van der Waals surface area contributed by atoms with Crippen molar-refractivity contribution < 1.29 is 4.74 Å². The van der Waals surface area contributed by atoms with E-state index in [1.807, 2.05) is 0 Å². The van der Waals surface area contributed by atoms with Crippen LogP contribution in [0.25, 0.3) is 0 Å². The highest BCUT2D eigenvalue weighted by Crippen LogP contribution is 2.69. The molecule has 6 unspecified atom stereocenters. The van der Waals surface area contributed by atoms with E-state index in [-0.39, 0.29) is 0 Å². The Morgan fingerprint density at radius 3 is 2.73 bits per heavy atom. The molecule has 0 amide bonds. The summed E-state index contributed by atoms with van der Waals surface area (Å²) in [6.07, 6.45) is 17.4. The third-order valence-electron chi connectivity index (χ3n) is 11.6. The van der Waals surface area contributed by atoms with Crippen LogP contribution in [-0.2, 0) is 4.74 Å². The van der Waals surface area contributed by atoms with Crippen molar-refractivity contribution in [2.75, 3.05) is 13.2 Å². The van der Waals surface area contributed by atoms with Crippen molar-refractivity contribution in [3.8, 4) is 0 Å². The molecule has 0 aromatic heterocycles. The van der Waals surface area contributed by atoms with Crippen molar-refractivity contribution in [2.24, 2.45) is 40.4 Å². The first-order chi connectivity index (χ1) is 14.4. The maximum absolute atomic E-state index is 6.06. The molecule has 5 fully saturated rings. The van der Waals surface area contributed by atoms with Crippen molar-refractivity contribution in [3.63, 3.8) is 0 Å². The topological polar surface area (TPSA) is 12.5 Å². The summed E-state index contributed by atoms with van der Waals surface area (Å²) >= 11 is 0. The van der Waals surface area contributed by atoms with Gasteiger partial charge in [0.25, 0.3) is 0 Å². The molecule has 0 radical (unpaired) electrons. The fourth-order valence-corrected chi connectivity index (χ4v) is 10.1. The zero-order valence-electron chi connectivity index (χ0n) is 20.0. The zero-order valence-corrected chi connectivity index (χ0v) is 20.0. The van der Waals surface area contributed by atoms with Crippen molar-refractivity contribution in [2.45, 2.75) is 110 Å². The van der Waals surface area contributed by atoms with Gasteiger partial charge in [-0.2, -0.15) is 0 Å². The Balaban J connectivity index is 1.26. The largest absolute Gasteiger partial charge is 0.378 e. The van der Waals surface area contributed by atoms with Gasteiger partial charge >= 0.3 is 0 Å². The van der Waals surface area contributed by atoms with Gasteiger partial charge in [0.1, 0.15) is 0 Å². The molecule has 0 aromatic carbocycles. The molecule has 6 rings (SSSR count). The number of ether oxygens (including phenoxy) is 1. The van der Waals surface area contributed by atoms with E-state index < -0.39 is 0 Å². The van der Waals surface area contributed by atoms with E-state index in [2.05, 4.69) is 38.7 Å². The highest BCUT2D eigenvalue weighted by atomic mass is 16.5. The van der Waals surface area contributed by atoms with Crippen LogP contribution in [0, 0.1) is 40.4 Å². The summed E-state index contributed by atoms with van der Waals surface area (Å²) in [7, 11) is 0. The minimum Gasteiger partial charge on any atom is -0.378 e. The van der Waals surface area contributed by atoms with Gasteiger partial charge in [-0.25, -0.2) is 0 Å². The lowest BCUT2D eigenvalue weighted by molar-refractivity contribution is -0.0577. The third kappa shape index (κ3) is 2.74. The smallest absolute Gasteiger partial charge is 0.0612 e. The maximum atomic E-state index is 6.06. The Bertz CT molecular complexity index is 715. The first-order valence-corrected chi connectivity index (χ1v) is 13.5. The molecule has 0 bridgehead atoms. The monoisotopic (exact) mass is 411 g/mol. The van der Waals surface area contributed by atoms with Crippen LogP contribution in [0.4, 0.5) is 0 Å². The second kappa shape index (κ2) is 7.08. The van der Waals surface area contributed by atoms with Crippen LogP contribution >= 0.6 is 0 Å². The second-order valence-corrected chi connectivity index (χ2v) is 12.8. The molecule has 4 aliphatic carbocycles. The van der Waals surface area contributed by atoms with Crippen molar-refractivity contribution in [1.82, 2.24) is 4.90 Å². The van der Waals surface area contributed by atoms with Gasteiger partial charge in [-0.05, 0) is 112 Å². The van der Waals surface area contributed by atoms with E-state index in [1.165, 1.54) is 70.8 Å². The van der Waals surface area contributed by atoms with Gasteiger partial charge in [0.15, 0.2) is 0 Å². The normalized spacial score (nSPS) is 55.1. The average Bonchev–Trinajstić information content (AvgIpc) is 3.23. The second-order valence-electron chi connectivity index (χ2n) is 12.8. The van der Waals surface area contributed by atoms with Crippen molar-refractivity contribution >= 4 is 0 Å². The Labute approximate surface area is 185 Å². The van der Waals surface area contributed by atoms with Gasteiger partial charge < -0.3 is 4.74 Å². The van der Waals surface area contributed by atoms with Gasteiger partial charge in [-0.1, -0.05) is 32.4 Å². The van der Waals surface area contributed by atoms with E-state index in [1.54, 1.807) is 5.57 Å². The van der Waals surface area contributed by atoms with Crippen LogP contribution < -0.4 is 0 Å². The Morgan fingerprint density at radius 1 is 1.03 bits per heavy atom. The summed E-state index contributed by atoms with van der Waals surface area (Å²) in [4.78, 5) is 3.02. The molecule has 168 valence electrons. The number of allylic oxidation sites excluding steroid dienone is 1. The molecular formula is C28H45NO. The number of fused-ring (bicyclic) bond motifs is 9. The van der Waals surface area contributed by atoms with E-state index >= 15 is 0 Å². The summed E-state index contributed by atoms with van der Waals surface area (Å²) in [5.74, 6) is 4.78. The number of hydrogen-bond donors (Lipinski definition) is 0. The van der Waals surface area contributed by atoms with Crippen molar-refractivity contribution in [3.05, 3.63) is 11.6 Å². The summed E-state index contributed by atoms with van der Waals surface area (Å²) in [5, 5.41) is 0. The third-order valence-corrected chi connectivity index (χ3v) is 11.6. The molecule has 2 nitrogen and oxygen atoms in total. The summed E-state index contributed by atoms with van der Waals surface area (Å²) in [6.45, 7) is 12.3. The molecule has 2 saturated heterocycles. The Hall–Kier alpha value is -0.340. The molecule has 3 saturated carbocycles. The van der Waals surface area contributed by atoms with Gasteiger partial charge in [0, 0.05) is 25.2 Å². The SMILES string of the molecule is CCO[C@H]1CC[C@@]2(C)C(=CCC3C4CC5C(CC6CC[C@H](C)CN65)[C@@]4(C)CCC32)C1. The molecule has 6 aliphatic rings. The Morgan fingerprint density at radius 2 is 1.90 bits per heavy atom. The van der Waals surface area contributed by atoms with Crippen LogP contribution in [0.3, 0.4) is 0 Å². The molecule has 2 heterocycles. The Kier molecular flexibility index (Phi) is 4.78. The predicted molar refractivity (Wildman–Crippen MR) is 123 cm³/mol. The minimum atomic E-state index is 0.470. The quantitative estimate of drug-likeness (QED) is 0.484. The maximum Gasteiger partial charge on any atom is 0.0612 e. The van der Waals surface area contributed by atoms with Crippen LogP contribution in [0.15, 0.2) is 11.6 Å². The van der Waals surface area contributed by atoms with E-state index in [0.29, 0.717) is 16.9 Å². The predicted octanol–water partition coefficient (Wildman–Crippen LogP) is 6.45. The fraction of sp³-hybridized carbons (Fsp3) is 0.929. The molecule has 0 aromatic rings. The number of hydrogen-bond acceptors (Lipinski definition) is 2. The van der Waals surface area contributed by atoms with Crippen LogP contribution in [0.2, 0.25) is 0 Å². The van der Waals surface area contributed by atoms with Gasteiger partial charge in [0.2, 0.25) is 0 Å².